The van der Waals surface area contributed by atoms with E-state index in [9.17, 15) is 0 Å². The highest BCUT2D eigenvalue weighted by atomic mass is 79.9. The van der Waals surface area contributed by atoms with Gasteiger partial charge in [-0.1, -0.05) is 76.6 Å². The summed E-state index contributed by atoms with van der Waals surface area (Å²) in [5.74, 6) is 0.764. The smallest absolute Gasteiger partial charge is 0.160 e. The molecule has 27 heavy (non-hydrogen) atoms. The maximum absolute atomic E-state index is 5.03. The van der Waals surface area contributed by atoms with Crippen molar-refractivity contribution < 1.29 is 0 Å². The fourth-order valence-corrected chi connectivity index (χ4v) is 3.98. The average Bonchev–Trinajstić information content (AvgIpc) is 2.73. The van der Waals surface area contributed by atoms with Crippen molar-refractivity contribution in [3.8, 4) is 11.4 Å². The Balaban J connectivity index is 1.76. The lowest BCUT2D eigenvalue weighted by molar-refractivity contribution is 0.975. The third-order valence-corrected chi connectivity index (χ3v) is 5.56. The van der Waals surface area contributed by atoms with Crippen molar-refractivity contribution in [2.75, 3.05) is 0 Å². The summed E-state index contributed by atoms with van der Waals surface area (Å²) in [6.07, 6.45) is 4.45. The molecule has 0 fully saturated rings. The Hall–Kier alpha value is -2.78. The number of nitrogens with zero attached hydrogens (tertiary/aromatic N) is 2. The van der Waals surface area contributed by atoms with Gasteiger partial charge in [-0.25, -0.2) is 9.97 Å². The molecule has 3 aromatic carbocycles. The molecule has 0 amide bonds. The zero-order chi connectivity index (χ0) is 18.2. The second-order valence-corrected chi connectivity index (χ2v) is 7.65. The number of aryl methyl sites for hydroxylation is 1. The van der Waals surface area contributed by atoms with Gasteiger partial charge in [-0.05, 0) is 42.2 Å². The molecule has 0 unspecified atom stereocenters. The Bertz CT molecular complexity index is 1180. The van der Waals surface area contributed by atoms with Crippen LogP contribution in [-0.2, 0) is 6.42 Å². The van der Waals surface area contributed by atoms with Crippen LogP contribution >= 0.6 is 15.9 Å². The first-order valence-corrected chi connectivity index (χ1v) is 9.90. The fourth-order valence-electron chi connectivity index (χ4n) is 3.72. The van der Waals surface area contributed by atoms with Crippen LogP contribution in [0.5, 0.6) is 0 Å². The van der Waals surface area contributed by atoms with Crippen molar-refractivity contribution in [3.05, 3.63) is 100 Å². The van der Waals surface area contributed by atoms with E-state index >= 15 is 0 Å². The molecule has 0 radical (unpaired) electrons. The molecule has 3 heteroatoms. The molecule has 1 heterocycles. The fraction of sp³-hybridized carbons (Fsp3) is 0.0833. The minimum Gasteiger partial charge on any atom is -0.228 e. The number of aromatic nitrogens is 2. The lowest BCUT2D eigenvalue weighted by Crippen LogP contribution is -2.04. The standard InChI is InChI=1S/C24H17BrN2/c25-18-14-12-17(13-15-18)24-26-22-11-4-3-9-21(22)23(27-24)20-10-5-7-16-6-1-2-8-19(16)20/h1-4,6,8-15H,5,7H2. The van der Waals surface area contributed by atoms with Crippen molar-refractivity contribution in [1.82, 2.24) is 9.97 Å². The van der Waals surface area contributed by atoms with Gasteiger partial charge < -0.3 is 0 Å². The van der Waals surface area contributed by atoms with Crippen LogP contribution in [0.4, 0.5) is 0 Å². The molecule has 5 rings (SSSR count). The van der Waals surface area contributed by atoms with Gasteiger partial charge in [-0.15, -0.1) is 0 Å². The maximum atomic E-state index is 5.03. The van der Waals surface area contributed by atoms with E-state index in [-0.39, 0.29) is 0 Å². The van der Waals surface area contributed by atoms with Crippen LogP contribution in [0.25, 0.3) is 27.9 Å². The number of hydrogen-bond donors (Lipinski definition) is 0. The Labute approximate surface area is 166 Å². The number of benzene rings is 3. The second kappa shape index (κ2) is 6.75. The Morgan fingerprint density at radius 1 is 0.778 bits per heavy atom. The molecule has 0 saturated heterocycles. The summed E-state index contributed by atoms with van der Waals surface area (Å²) in [7, 11) is 0. The number of rotatable bonds is 2. The molecule has 1 aliphatic carbocycles. The Morgan fingerprint density at radius 3 is 2.44 bits per heavy atom. The molecule has 2 nitrogen and oxygen atoms in total. The second-order valence-electron chi connectivity index (χ2n) is 6.73. The number of allylic oxidation sites excluding steroid dienone is 1. The van der Waals surface area contributed by atoms with Crippen LogP contribution in [0.3, 0.4) is 0 Å². The van der Waals surface area contributed by atoms with Gasteiger partial charge in [0.05, 0.1) is 11.2 Å². The zero-order valence-electron chi connectivity index (χ0n) is 14.7. The lowest BCUT2D eigenvalue weighted by Gasteiger charge is -2.19. The third kappa shape index (κ3) is 2.98. The molecule has 0 saturated carbocycles. The van der Waals surface area contributed by atoms with Gasteiger partial charge in [0.25, 0.3) is 0 Å². The monoisotopic (exact) mass is 412 g/mol. The summed E-state index contributed by atoms with van der Waals surface area (Å²) >= 11 is 3.50. The summed E-state index contributed by atoms with van der Waals surface area (Å²) in [4.78, 5) is 9.86. The van der Waals surface area contributed by atoms with Gasteiger partial charge in [0.2, 0.25) is 0 Å². The molecule has 0 spiro atoms. The number of halogens is 1. The van der Waals surface area contributed by atoms with Crippen LogP contribution in [0.15, 0.2) is 83.3 Å². The Kier molecular flexibility index (Phi) is 4.10. The molecular formula is C24H17BrN2. The van der Waals surface area contributed by atoms with Gasteiger partial charge in [0.1, 0.15) is 0 Å². The van der Waals surface area contributed by atoms with Gasteiger partial charge in [0.15, 0.2) is 5.82 Å². The van der Waals surface area contributed by atoms with Crippen molar-refractivity contribution in [2.24, 2.45) is 0 Å². The van der Waals surface area contributed by atoms with E-state index in [0.29, 0.717) is 0 Å². The molecule has 0 aliphatic heterocycles. The summed E-state index contributed by atoms with van der Waals surface area (Å²) in [5.41, 5.74) is 6.91. The van der Waals surface area contributed by atoms with Crippen molar-refractivity contribution in [3.63, 3.8) is 0 Å². The van der Waals surface area contributed by atoms with Crippen LogP contribution < -0.4 is 0 Å². The van der Waals surface area contributed by atoms with E-state index in [2.05, 4.69) is 76.6 Å². The van der Waals surface area contributed by atoms with Crippen LogP contribution in [0.2, 0.25) is 0 Å². The normalized spacial score (nSPS) is 13.3. The average molecular weight is 413 g/mol. The number of fused-ring (bicyclic) bond motifs is 2. The predicted octanol–water partition coefficient (Wildman–Crippen LogP) is 6.44. The largest absolute Gasteiger partial charge is 0.228 e. The predicted molar refractivity (Wildman–Crippen MR) is 115 cm³/mol. The zero-order valence-corrected chi connectivity index (χ0v) is 16.3. The summed E-state index contributed by atoms with van der Waals surface area (Å²) in [5, 5.41) is 1.10. The van der Waals surface area contributed by atoms with Crippen molar-refractivity contribution >= 4 is 32.4 Å². The summed E-state index contributed by atoms with van der Waals surface area (Å²) in [6, 6.07) is 25.1. The van der Waals surface area contributed by atoms with E-state index in [0.717, 1.165) is 45.3 Å². The lowest BCUT2D eigenvalue weighted by atomic mass is 9.88. The van der Waals surface area contributed by atoms with Gasteiger partial charge in [0, 0.05) is 21.0 Å². The molecule has 1 aromatic heterocycles. The van der Waals surface area contributed by atoms with Gasteiger partial charge >= 0.3 is 0 Å². The van der Waals surface area contributed by atoms with Crippen molar-refractivity contribution in [1.29, 1.82) is 0 Å². The van der Waals surface area contributed by atoms with E-state index in [4.69, 9.17) is 9.97 Å². The van der Waals surface area contributed by atoms with Crippen LogP contribution in [0, 0.1) is 0 Å². The third-order valence-electron chi connectivity index (χ3n) is 5.03. The van der Waals surface area contributed by atoms with E-state index < -0.39 is 0 Å². The molecule has 0 bridgehead atoms. The first-order valence-electron chi connectivity index (χ1n) is 9.11. The number of para-hydroxylation sites is 1. The van der Waals surface area contributed by atoms with Crippen LogP contribution in [0.1, 0.15) is 23.2 Å². The first kappa shape index (κ1) is 16.4. The quantitative estimate of drug-likeness (QED) is 0.378. The highest BCUT2D eigenvalue weighted by Crippen LogP contribution is 2.35. The number of hydrogen-bond acceptors (Lipinski definition) is 2. The SMILES string of the molecule is Brc1ccc(-c2nc(C3=CCCc4ccccc43)c3ccccc3n2)cc1. The minimum atomic E-state index is 0.764. The molecule has 4 aromatic rings. The summed E-state index contributed by atoms with van der Waals surface area (Å²) < 4.78 is 1.05. The molecule has 0 atom stereocenters. The highest BCUT2D eigenvalue weighted by molar-refractivity contribution is 9.10. The molecule has 1 aliphatic rings. The highest BCUT2D eigenvalue weighted by Gasteiger charge is 2.18. The summed E-state index contributed by atoms with van der Waals surface area (Å²) in [6.45, 7) is 0. The molecule has 0 N–H and O–H groups in total. The van der Waals surface area contributed by atoms with E-state index in [1.54, 1.807) is 0 Å². The first-order chi connectivity index (χ1) is 13.3. The van der Waals surface area contributed by atoms with Crippen molar-refractivity contribution in [2.45, 2.75) is 12.8 Å². The molecule has 130 valence electrons. The molecular weight excluding hydrogens is 396 g/mol. The Morgan fingerprint density at radius 2 is 1.56 bits per heavy atom. The van der Waals surface area contributed by atoms with Gasteiger partial charge in [-0.2, -0.15) is 0 Å². The minimum absolute atomic E-state index is 0.764. The van der Waals surface area contributed by atoms with Gasteiger partial charge in [-0.3, -0.25) is 0 Å². The van der Waals surface area contributed by atoms with E-state index in [1.807, 2.05) is 18.2 Å². The maximum Gasteiger partial charge on any atom is 0.160 e. The topological polar surface area (TPSA) is 25.8 Å². The van der Waals surface area contributed by atoms with E-state index in [1.165, 1.54) is 16.7 Å². The van der Waals surface area contributed by atoms with Crippen LogP contribution in [-0.4, -0.2) is 9.97 Å².